The van der Waals surface area contributed by atoms with Gasteiger partial charge in [-0.2, -0.15) is 5.26 Å². The molecule has 1 amide bonds. The van der Waals surface area contributed by atoms with Crippen LogP contribution in [-0.2, 0) is 4.79 Å². The number of carbonyl (C=O) groups excluding carboxylic acids is 1. The van der Waals surface area contributed by atoms with Crippen LogP contribution in [0.25, 0.3) is 16.3 Å². The van der Waals surface area contributed by atoms with E-state index in [4.69, 9.17) is 12.2 Å². The molecule has 2 aromatic carbocycles. The zero-order valence-corrected chi connectivity index (χ0v) is 18.2. The second kappa shape index (κ2) is 8.74. The van der Waals surface area contributed by atoms with Crippen molar-refractivity contribution in [3.05, 3.63) is 57.6 Å². The van der Waals surface area contributed by atoms with Crippen LogP contribution in [0.3, 0.4) is 0 Å². The van der Waals surface area contributed by atoms with E-state index in [1.54, 1.807) is 22.7 Å². The van der Waals surface area contributed by atoms with Crippen LogP contribution in [0.15, 0.2) is 52.9 Å². The lowest BCUT2D eigenvalue weighted by molar-refractivity contribution is -0.115. The first kappa shape index (κ1) is 20.3. The maximum absolute atomic E-state index is 13.2. The first-order valence-electron chi connectivity index (χ1n) is 8.65. The van der Waals surface area contributed by atoms with Gasteiger partial charge >= 0.3 is 0 Å². The number of aromatic amines is 1. The molecule has 28 heavy (non-hydrogen) atoms. The summed E-state index contributed by atoms with van der Waals surface area (Å²) in [6, 6.07) is 15.5. The lowest BCUT2D eigenvalue weighted by Crippen LogP contribution is -2.37. The third-order valence-electron chi connectivity index (χ3n) is 4.20. The maximum Gasteiger partial charge on any atom is 0.269 e. The summed E-state index contributed by atoms with van der Waals surface area (Å²) in [6.07, 6.45) is 3.65. The average Bonchev–Trinajstić information content (AvgIpc) is 3.05. The number of thioether (sulfide) groups is 1. The minimum atomic E-state index is -0.315. The van der Waals surface area contributed by atoms with Gasteiger partial charge in [0, 0.05) is 16.6 Å². The summed E-state index contributed by atoms with van der Waals surface area (Å²) in [5, 5.41) is 9.62. The van der Waals surface area contributed by atoms with E-state index >= 15 is 0 Å². The number of rotatable bonds is 5. The van der Waals surface area contributed by atoms with Gasteiger partial charge in [-0.05, 0) is 74.3 Å². The Bertz CT molecular complexity index is 1130. The number of fused-ring (bicyclic) bond motifs is 1. The van der Waals surface area contributed by atoms with Gasteiger partial charge < -0.3 is 9.88 Å². The SMILES string of the molecule is CSc1ccc(/C=C(/C#N)C(=O)N(c2ccc3[nH]c(=S)sc3c2)C(C)C)cc1. The maximum atomic E-state index is 13.2. The quantitative estimate of drug-likeness (QED) is 0.235. The summed E-state index contributed by atoms with van der Waals surface area (Å²) >= 11 is 8.32. The number of anilines is 1. The van der Waals surface area contributed by atoms with Crippen LogP contribution in [-0.4, -0.2) is 23.2 Å². The number of amides is 1. The highest BCUT2D eigenvalue weighted by molar-refractivity contribution is 7.98. The number of carbonyl (C=O) groups is 1. The molecule has 3 aromatic rings. The van der Waals surface area contributed by atoms with Crippen molar-refractivity contribution >= 4 is 63.2 Å². The van der Waals surface area contributed by atoms with Crippen LogP contribution in [0.4, 0.5) is 5.69 Å². The summed E-state index contributed by atoms with van der Waals surface area (Å²) in [5.74, 6) is -0.315. The molecule has 0 radical (unpaired) electrons. The lowest BCUT2D eigenvalue weighted by Gasteiger charge is -2.26. The second-order valence-corrected chi connectivity index (χ2v) is 9.01. The number of H-pyrrole nitrogens is 1. The van der Waals surface area contributed by atoms with E-state index in [-0.39, 0.29) is 17.5 Å². The van der Waals surface area contributed by atoms with E-state index in [0.29, 0.717) is 3.95 Å². The monoisotopic (exact) mass is 425 g/mol. The molecule has 0 aliphatic rings. The van der Waals surface area contributed by atoms with E-state index in [1.165, 1.54) is 11.3 Å². The van der Waals surface area contributed by atoms with Crippen LogP contribution in [0, 0.1) is 15.3 Å². The van der Waals surface area contributed by atoms with Crippen molar-refractivity contribution in [3.63, 3.8) is 0 Å². The van der Waals surface area contributed by atoms with E-state index in [2.05, 4.69) is 11.1 Å². The molecule has 0 spiro atoms. The molecule has 0 unspecified atom stereocenters. The van der Waals surface area contributed by atoms with Gasteiger partial charge in [0.2, 0.25) is 0 Å². The van der Waals surface area contributed by atoms with Gasteiger partial charge in [-0.3, -0.25) is 4.79 Å². The predicted octanol–water partition coefficient (Wildman–Crippen LogP) is 6.03. The van der Waals surface area contributed by atoms with Crippen molar-refractivity contribution in [3.8, 4) is 6.07 Å². The molecule has 0 aliphatic carbocycles. The fourth-order valence-corrected chi connectivity index (χ4v) is 4.43. The van der Waals surface area contributed by atoms with Crippen LogP contribution in [0.5, 0.6) is 0 Å². The first-order valence-corrected chi connectivity index (χ1v) is 11.1. The minimum absolute atomic E-state index is 0.104. The Morgan fingerprint density at radius 3 is 2.61 bits per heavy atom. The van der Waals surface area contributed by atoms with Crippen molar-refractivity contribution in [2.45, 2.75) is 24.8 Å². The molecule has 1 N–H and O–H groups in total. The zero-order valence-electron chi connectivity index (χ0n) is 15.7. The zero-order chi connectivity index (χ0) is 20.3. The molecule has 4 nitrogen and oxygen atoms in total. The number of aromatic nitrogens is 1. The van der Waals surface area contributed by atoms with Crippen LogP contribution in [0.2, 0.25) is 0 Å². The van der Waals surface area contributed by atoms with E-state index in [9.17, 15) is 10.1 Å². The number of nitrogens with zero attached hydrogens (tertiary/aromatic N) is 2. The number of nitriles is 1. The lowest BCUT2D eigenvalue weighted by atomic mass is 10.1. The molecule has 0 atom stereocenters. The first-order chi connectivity index (χ1) is 13.4. The summed E-state index contributed by atoms with van der Waals surface area (Å²) in [6.45, 7) is 3.87. The van der Waals surface area contributed by atoms with E-state index in [0.717, 1.165) is 26.4 Å². The number of benzene rings is 2. The second-order valence-electron chi connectivity index (χ2n) is 6.41. The van der Waals surface area contributed by atoms with Gasteiger partial charge in [-0.25, -0.2) is 0 Å². The molecule has 1 aromatic heterocycles. The Balaban J connectivity index is 1.98. The molecule has 0 fully saturated rings. The molecular weight excluding hydrogens is 406 g/mol. The highest BCUT2D eigenvalue weighted by Gasteiger charge is 2.23. The number of thiazole rings is 1. The van der Waals surface area contributed by atoms with Crippen LogP contribution >= 0.6 is 35.3 Å². The Hall–Kier alpha value is -2.40. The Kier molecular flexibility index (Phi) is 6.35. The summed E-state index contributed by atoms with van der Waals surface area (Å²) in [7, 11) is 0. The Morgan fingerprint density at radius 2 is 2.00 bits per heavy atom. The number of nitrogens with one attached hydrogen (secondary N) is 1. The van der Waals surface area contributed by atoms with Crippen molar-refractivity contribution in [1.82, 2.24) is 4.98 Å². The predicted molar refractivity (Wildman–Crippen MR) is 121 cm³/mol. The van der Waals surface area contributed by atoms with Crippen molar-refractivity contribution in [1.29, 1.82) is 5.26 Å². The van der Waals surface area contributed by atoms with E-state index < -0.39 is 0 Å². The van der Waals surface area contributed by atoms with Crippen molar-refractivity contribution < 1.29 is 4.79 Å². The van der Waals surface area contributed by atoms with Crippen molar-refractivity contribution in [2.24, 2.45) is 0 Å². The van der Waals surface area contributed by atoms with Crippen LogP contribution < -0.4 is 4.90 Å². The standard InChI is InChI=1S/C21H19N3OS3/c1-13(2)24(16-6-9-18-19(11-16)28-21(26)23-18)20(25)15(12-22)10-14-4-7-17(27-3)8-5-14/h4-11,13H,1-3H3,(H,23,26)/b15-10-. The molecular formula is C21H19N3OS3. The largest absolute Gasteiger partial charge is 0.337 e. The molecule has 3 rings (SSSR count). The van der Waals surface area contributed by atoms with Crippen molar-refractivity contribution in [2.75, 3.05) is 11.2 Å². The van der Waals surface area contributed by atoms with Gasteiger partial charge in [0.05, 0.1) is 10.2 Å². The van der Waals surface area contributed by atoms with Gasteiger partial charge in [-0.1, -0.05) is 12.1 Å². The average molecular weight is 426 g/mol. The number of hydrogen-bond acceptors (Lipinski definition) is 5. The molecule has 0 bridgehead atoms. The van der Waals surface area contributed by atoms with E-state index in [1.807, 2.05) is 62.6 Å². The highest BCUT2D eigenvalue weighted by Crippen LogP contribution is 2.28. The molecule has 0 aliphatic heterocycles. The van der Waals surface area contributed by atoms with Gasteiger partial charge in [-0.15, -0.1) is 23.1 Å². The molecule has 1 heterocycles. The fraction of sp³-hybridized carbons (Fsp3) is 0.190. The Labute approximate surface area is 177 Å². The third kappa shape index (κ3) is 4.36. The van der Waals surface area contributed by atoms with Crippen LogP contribution in [0.1, 0.15) is 19.4 Å². The number of hydrogen-bond donors (Lipinski definition) is 1. The van der Waals surface area contributed by atoms with Gasteiger partial charge in [0.25, 0.3) is 5.91 Å². The fourth-order valence-electron chi connectivity index (χ4n) is 2.87. The summed E-state index contributed by atoms with van der Waals surface area (Å²) < 4.78 is 1.68. The molecule has 7 heteroatoms. The topological polar surface area (TPSA) is 59.9 Å². The molecule has 0 saturated heterocycles. The van der Waals surface area contributed by atoms with Gasteiger partial charge in [0.1, 0.15) is 11.6 Å². The third-order valence-corrected chi connectivity index (χ3v) is 6.14. The smallest absolute Gasteiger partial charge is 0.269 e. The normalized spacial score (nSPS) is 11.6. The van der Waals surface area contributed by atoms with Gasteiger partial charge in [0.15, 0.2) is 3.95 Å². The molecule has 0 saturated carbocycles. The highest BCUT2D eigenvalue weighted by atomic mass is 32.2. The molecule has 142 valence electrons. The summed E-state index contributed by atoms with van der Waals surface area (Å²) in [4.78, 5) is 19.1. The Morgan fingerprint density at radius 1 is 1.29 bits per heavy atom. The minimum Gasteiger partial charge on any atom is -0.337 e. The summed E-state index contributed by atoms with van der Waals surface area (Å²) in [5.41, 5.74) is 2.62.